The number of ether oxygens (including phenoxy) is 1. The average molecular weight is 471 g/mol. The van der Waals surface area contributed by atoms with Crippen LogP contribution >= 0.6 is 0 Å². The molecule has 0 saturated heterocycles. The highest BCUT2D eigenvalue weighted by Crippen LogP contribution is 2.25. The molecule has 1 heterocycles. The maximum atomic E-state index is 12.8. The van der Waals surface area contributed by atoms with Gasteiger partial charge in [-0.3, -0.25) is 14.6 Å². The summed E-state index contributed by atoms with van der Waals surface area (Å²) in [6.45, 7) is 6.57. The number of para-hydroxylation sites is 1. The zero-order valence-corrected chi connectivity index (χ0v) is 19.7. The molecule has 0 radical (unpaired) electrons. The van der Waals surface area contributed by atoms with Crippen molar-refractivity contribution in [1.82, 2.24) is 4.98 Å². The number of nitrogens with zero attached hydrogens (tertiary/aromatic N) is 2. The molecule has 0 fully saturated rings. The van der Waals surface area contributed by atoms with E-state index in [1.165, 1.54) is 25.4 Å². The number of amides is 3. The van der Waals surface area contributed by atoms with Crippen molar-refractivity contribution in [3.63, 3.8) is 0 Å². The van der Waals surface area contributed by atoms with E-state index in [9.17, 15) is 24.3 Å². The highest BCUT2D eigenvalue weighted by Gasteiger charge is 2.31. The van der Waals surface area contributed by atoms with Crippen LogP contribution in [0.25, 0.3) is 0 Å². The largest absolute Gasteiger partial charge is 0.478 e. The predicted octanol–water partition coefficient (Wildman–Crippen LogP) is 3.36. The lowest BCUT2D eigenvalue weighted by molar-refractivity contribution is -0.119. The van der Waals surface area contributed by atoms with Gasteiger partial charge in [-0.05, 0) is 58.2 Å². The van der Waals surface area contributed by atoms with E-state index in [1.54, 1.807) is 45.0 Å². The van der Waals surface area contributed by atoms with Gasteiger partial charge in [-0.1, -0.05) is 18.2 Å². The number of carboxylic acids is 1. The second-order valence-electron chi connectivity index (χ2n) is 8.70. The molecule has 34 heavy (non-hydrogen) atoms. The number of pyridine rings is 1. The van der Waals surface area contributed by atoms with E-state index in [0.29, 0.717) is 24.1 Å². The first-order chi connectivity index (χ1) is 15.9. The van der Waals surface area contributed by atoms with Gasteiger partial charge in [0.1, 0.15) is 5.60 Å². The summed E-state index contributed by atoms with van der Waals surface area (Å²) in [5, 5.41) is 11.8. The fourth-order valence-corrected chi connectivity index (χ4v) is 3.09. The minimum absolute atomic E-state index is 0.0592. The number of benzene rings is 1. The lowest BCUT2D eigenvalue weighted by atomic mass is 10.0. The van der Waals surface area contributed by atoms with E-state index in [2.05, 4.69) is 10.3 Å². The summed E-state index contributed by atoms with van der Waals surface area (Å²) in [4.78, 5) is 54.1. The molecule has 1 aromatic carbocycles. The van der Waals surface area contributed by atoms with Gasteiger partial charge in [-0.2, -0.15) is 0 Å². The topological polar surface area (TPSA) is 152 Å². The van der Waals surface area contributed by atoms with Crippen LogP contribution in [0.1, 0.15) is 56.5 Å². The van der Waals surface area contributed by atoms with Gasteiger partial charge in [0.25, 0.3) is 5.91 Å². The van der Waals surface area contributed by atoms with Crippen molar-refractivity contribution >= 4 is 35.3 Å². The van der Waals surface area contributed by atoms with Crippen LogP contribution in [0.2, 0.25) is 0 Å². The van der Waals surface area contributed by atoms with Gasteiger partial charge in [0, 0.05) is 12.6 Å². The van der Waals surface area contributed by atoms with Crippen molar-refractivity contribution in [3.8, 4) is 0 Å². The van der Waals surface area contributed by atoms with Gasteiger partial charge in [0.2, 0.25) is 5.91 Å². The zero-order valence-electron chi connectivity index (χ0n) is 19.7. The minimum atomic E-state index is -1.17. The van der Waals surface area contributed by atoms with Crippen LogP contribution in [-0.4, -0.2) is 45.6 Å². The number of aryl methyl sites for hydroxylation is 1. The first kappa shape index (κ1) is 26.5. The Bertz CT molecular complexity index is 1060. The number of carbonyl (C=O) groups is 4. The minimum Gasteiger partial charge on any atom is -0.478 e. The van der Waals surface area contributed by atoms with Gasteiger partial charge < -0.3 is 20.9 Å². The third-order valence-corrected chi connectivity index (χ3v) is 4.59. The van der Waals surface area contributed by atoms with Crippen LogP contribution in [0.5, 0.6) is 0 Å². The first-order valence-corrected chi connectivity index (χ1v) is 10.8. The lowest BCUT2D eigenvalue weighted by Crippen LogP contribution is -2.48. The molecule has 3 amide bonds. The normalized spacial score (nSPS) is 11.9. The van der Waals surface area contributed by atoms with E-state index < -0.39 is 29.6 Å². The Balaban J connectivity index is 2.16. The fourth-order valence-electron chi connectivity index (χ4n) is 3.09. The van der Waals surface area contributed by atoms with E-state index in [0.717, 1.165) is 4.90 Å². The van der Waals surface area contributed by atoms with E-state index in [-0.39, 0.29) is 23.6 Å². The number of rotatable bonds is 8. The van der Waals surface area contributed by atoms with Gasteiger partial charge >= 0.3 is 12.1 Å². The van der Waals surface area contributed by atoms with Gasteiger partial charge in [0.15, 0.2) is 0 Å². The molecule has 0 saturated carbocycles. The molecule has 2 aromatic rings. The molecule has 0 aliphatic heterocycles. The van der Waals surface area contributed by atoms with Crippen LogP contribution in [-0.2, 0) is 20.7 Å². The Morgan fingerprint density at radius 2 is 1.85 bits per heavy atom. The van der Waals surface area contributed by atoms with Crippen molar-refractivity contribution in [3.05, 3.63) is 53.9 Å². The maximum Gasteiger partial charge on any atom is 0.421 e. The van der Waals surface area contributed by atoms with Gasteiger partial charge in [-0.15, -0.1) is 0 Å². The van der Waals surface area contributed by atoms with Crippen LogP contribution in [0.15, 0.2) is 42.7 Å². The first-order valence-electron chi connectivity index (χ1n) is 10.8. The Kier molecular flexibility index (Phi) is 8.85. The van der Waals surface area contributed by atoms with E-state index in [1.807, 2.05) is 0 Å². The van der Waals surface area contributed by atoms with Crippen LogP contribution in [0.3, 0.4) is 0 Å². The van der Waals surface area contributed by atoms with Crippen molar-refractivity contribution in [2.24, 2.45) is 5.73 Å². The third kappa shape index (κ3) is 7.38. The summed E-state index contributed by atoms with van der Waals surface area (Å²) < 4.78 is 5.41. The number of nitrogens with two attached hydrogens (primary N) is 1. The van der Waals surface area contributed by atoms with Crippen molar-refractivity contribution < 1.29 is 29.0 Å². The van der Waals surface area contributed by atoms with Crippen LogP contribution in [0.4, 0.5) is 16.2 Å². The lowest BCUT2D eigenvalue weighted by Gasteiger charge is -2.28. The number of carboxylic acid groups (broad SMARTS) is 1. The Hall–Kier alpha value is -3.79. The SMILES string of the molecule is C[C@H](N)C(=O)N(C(=O)OC(C)(C)C)c1ccccc1CCCC(=O)Nc1cnccc1C(=O)O. The molecule has 0 spiro atoms. The standard InChI is InChI=1S/C24H30N4O6/c1-15(25)21(30)28(23(33)34-24(2,3)4)19-10-6-5-8-16(19)9-7-11-20(29)27-18-14-26-13-12-17(18)22(31)32/h5-6,8,10,12-15H,7,9,11,25H2,1-4H3,(H,27,29)(H,31,32)/t15-/m0/s1. The number of nitrogens with one attached hydrogen (secondary N) is 1. The summed E-state index contributed by atoms with van der Waals surface area (Å²) in [6, 6.07) is 7.19. The molecule has 10 nitrogen and oxygen atoms in total. The summed E-state index contributed by atoms with van der Waals surface area (Å²) in [5.74, 6) is -2.17. The smallest absolute Gasteiger partial charge is 0.421 e. The molecule has 0 aliphatic carbocycles. The van der Waals surface area contributed by atoms with Crippen LogP contribution < -0.4 is 16.0 Å². The summed E-state index contributed by atoms with van der Waals surface area (Å²) in [6.07, 6.45) is 2.59. The summed E-state index contributed by atoms with van der Waals surface area (Å²) >= 11 is 0. The molecule has 182 valence electrons. The number of imide groups is 1. The third-order valence-electron chi connectivity index (χ3n) is 4.59. The van der Waals surface area contributed by atoms with Crippen molar-refractivity contribution in [2.45, 2.75) is 58.6 Å². The van der Waals surface area contributed by atoms with E-state index >= 15 is 0 Å². The molecule has 0 aliphatic rings. The van der Waals surface area contributed by atoms with E-state index in [4.69, 9.17) is 10.5 Å². The average Bonchev–Trinajstić information content (AvgIpc) is 2.73. The molecule has 0 bridgehead atoms. The summed E-state index contributed by atoms with van der Waals surface area (Å²) in [7, 11) is 0. The molecule has 2 rings (SSSR count). The van der Waals surface area contributed by atoms with Crippen molar-refractivity contribution in [2.75, 3.05) is 10.2 Å². The number of hydrogen-bond donors (Lipinski definition) is 3. The number of carbonyl (C=O) groups excluding carboxylic acids is 3. The molecule has 1 aromatic heterocycles. The molecular weight excluding hydrogens is 440 g/mol. The molecule has 10 heteroatoms. The number of aromatic nitrogens is 1. The highest BCUT2D eigenvalue weighted by atomic mass is 16.6. The number of anilines is 2. The van der Waals surface area contributed by atoms with Crippen molar-refractivity contribution in [1.29, 1.82) is 0 Å². The number of hydrogen-bond acceptors (Lipinski definition) is 7. The molecular formula is C24H30N4O6. The second kappa shape index (κ2) is 11.4. The summed E-state index contributed by atoms with van der Waals surface area (Å²) in [5.41, 5.74) is 6.00. The van der Waals surface area contributed by atoms with Gasteiger partial charge in [-0.25, -0.2) is 14.5 Å². The van der Waals surface area contributed by atoms with Crippen LogP contribution in [0, 0.1) is 0 Å². The number of aromatic carboxylic acids is 1. The second-order valence-corrected chi connectivity index (χ2v) is 8.70. The quantitative estimate of drug-likeness (QED) is 0.531. The molecule has 1 atom stereocenters. The Morgan fingerprint density at radius 1 is 1.18 bits per heavy atom. The van der Waals surface area contributed by atoms with Gasteiger partial charge in [0.05, 0.1) is 29.2 Å². The highest BCUT2D eigenvalue weighted by molar-refractivity contribution is 6.14. The fraction of sp³-hybridized carbons (Fsp3) is 0.375. The molecule has 0 unspecified atom stereocenters. The monoisotopic (exact) mass is 470 g/mol. The molecule has 4 N–H and O–H groups in total. The predicted molar refractivity (Wildman–Crippen MR) is 127 cm³/mol. The Morgan fingerprint density at radius 3 is 2.47 bits per heavy atom. The maximum absolute atomic E-state index is 12.8. The zero-order chi connectivity index (χ0) is 25.5. The Labute approximate surface area is 198 Å².